The summed E-state index contributed by atoms with van der Waals surface area (Å²) in [5, 5.41) is 7.12. The Hall–Kier alpha value is -1.17. The van der Waals surface area contributed by atoms with Crippen molar-refractivity contribution < 1.29 is 4.74 Å². The van der Waals surface area contributed by atoms with E-state index in [0.717, 1.165) is 38.7 Å². The molecule has 1 aliphatic carbocycles. The number of thiophene rings is 1. The lowest BCUT2D eigenvalue weighted by Gasteiger charge is -2.31. The van der Waals surface area contributed by atoms with Gasteiger partial charge in [0.15, 0.2) is 0 Å². The molecule has 0 bridgehead atoms. The summed E-state index contributed by atoms with van der Waals surface area (Å²) in [6.07, 6.45) is 7.84. The number of hydrogen-bond donors (Lipinski definition) is 0. The van der Waals surface area contributed by atoms with Crippen molar-refractivity contribution >= 4 is 11.3 Å². The fraction of sp³-hybridized carbons (Fsp3) is 0.632. The molecular weight excluding hydrogens is 318 g/mol. The third-order valence-electron chi connectivity index (χ3n) is 5.38. The van der Waals surface area contributed by atoms with Crippen LogP contribution >= 0.6 is 11.3 Å². The molecule has 2 aliphatic rings. The number of aromatic nitrogens is 2. The first-order valence-corrected chi connectivity index (χ1v) is 9.99. The molecule has 0 amide bonds. The number of ether oxygens (including phenoxy) is 1. The molecule has 3 heterocycles. The monoisotopic (exact) mass is 345 g/mol. The van der Waals surface area contributed by atoms with Gasteiger partial charge in [-0.3, -0.25) is 9.58 Å². The van der Waals surface area contributed by atoms with Crippen molar-refractivity contribution in [1.82, 2.24) is 14.7 Å². The van der Waals surface area contributed by atoms with Crippen LogP contribution in [-0.4, -0.2) is 34.9 Å². The largest absolute Gasteiger partial charge is 0.384 e. The first-order valence-electron chi connectivity index (χ1n) is 9.11. The zero-order valence-electron chi connectivity index (χ0n) is 14.5. The molecule has 1 atom stereocenters. The number of fused-ring (bicyclic) bond motifs is 1. The molecule has 2 aromatic heterocycles. The van der Waals surface area contributed by atoms with Gasteiger partial charge in [0.2, 0.25) is 0 Å². The van der Waals surface area contributed by atoms with Crippen molar-refractivity contribution in [2.75, 3.05) is 20.3 Å². The third kappa shape index (κ3) is 3.58. The second kappa shape index (κ2) is 7.38. The highest BCUT2D eigenvalue weighted by Gasteiger charge is 2.29. The summed E-state index contributed by atoms with van der Waals surface area (Å²) >= 11 is 1.85. The number of rotatable bonds is 6. The van der Waals surface area contributed by atoms with Gasteiger partial charge in [-0.1, -0.05) is 18.9 Å². The zero-order chi connectivity index (χ0) is 16.4. The molecule has 0 spiro atoms. The van der Waals surface area contributed by atoms with Gasteiger partial charge >= 0.3 is 0 Å². The topological polar surface area (TPSA) is 30.3 Å². The van der Waals surface area contributed by atoms with E-state index >= 15 is 0 Å². The maximum atomic E-state index is 5.49. The second-order valence-corrected chi connectivity index (χ2v) is 8.35. The van der Waals surface area contributed by atoms with Crippen molar-refractivity contribution in [2.24, 2.45) is 5.92 Å². The van der Waals surface area contributed by atoms with Gasteiger partial charge in [0.05, 0.1) is 12.3 Å². The maximum Gasteiger partial charge on any atom is 0.0736 e. The molecule has 0 aromatic carbocycles. The van der Waals surface area contributed by atoms with E-state index in [1.807, 2.05) is 11.3 Å². The number of methoxy groups -OCH3 is 1. The smallest absolute Gasteiger partial charge is 0.0736 e. The standard InChI is InChI=1S/C19H27N3OS/c1-23-14-17-11-21(13-18-7-4-8-24-18)10-16-12-22(20-19(16)17)9-15-5-2-3-6-15/h4,7-8,12,15,17H,2-3,5-6,9-11,13-14H2,1H3/t17-/m0/s1. The van der Waals surface area contributed by atoms with Crippen molar-refractivity contribution in [3.63, 3.8) is 0 Å². The predicted octanol–water partition coefficient (Wildman–Crippen LogP) is 3.88. The summed E-state index contributed by atoms with van der Waals surface area (Å²) in [6, 6.07) is 4.37. The molecule has 130 valence electrons. The lowest BCUT2D eigenvalue weighted by Crippen LogP contribution is -2.34. The number of nitrogens with zero attached hydrogens (tertiary/aromatic N) is 3. The number of hydrogen-bond acceptors (Lipinski definition) is 4. The van der Waals surface area contributed by atoms with Crippen LogP contribution in [0.2, 0.25) is 0 Å². The SMILES string of the molecule is COC[C@@H]1CN(Cc2cccs2)Cc2cn(CC3CCCC3)nc21. The van der Waals surface area contributed by atoms with E-state index in [9.17, 15) is 0 Å². The van der Waals surface area contributed by atoms with Gasteiger partial charge in [-0.2, -0.15) is 5.10 Å². The van der Waals surface area contributed by atoms with E-state index in [0.29, 0.717) is 5.92 Å². The highest BCUT2D eigenvalue weighted by Crippen LogP contribution is 2.31. The quantitative estimate of drug-likeness (QED) is 0.796. The van der Waals surface area contributed by atoms with Crippen LogP contribution in [0.1, 0.15) is 47.7 Å². The summed E-state index contributed by atoms with van der Waals surface area (Å²) in [4.78, 5) is 3.98. The van der Waals surface area contributed by atoms with E-state index in [1.165, 1.54) is 41.8 Å². The van der Waals surface area contributed by atoms with Crippen LogP contribution in [0.15, 0.2) is 23.7 Å². The minimum atomic E-state index is 0.392. The normalized spacial score (nSPS) is 22.1. The van der Waals surface area contributed by atoms with Crippen molar-refractivity contribution in [3.8, 4) is 0 Å². The summed E-state index contributed by atoms with van der Waals surface area (Å²) in [7, 11) is 1.80. The van der Waals surface area contributed by atoms with Crippen LogP contribution < -0.4 is 0 Å². The first kappa shape index (κ1) is 16.3. The van der Waals surface area contributed by atoms with Crippen molar-refractivity contribution in [3.05, 3.63) is 39.8 Å². The Bertz CT molecular complexity index is 646. The average Bonchev–Trinajstić information content (AvgIpc) is 3.29. The highest BCUT2D eigenvalue weighted by atomic mass is 32.1. The molecule has 1 aliphatic heterocycles. The van der Waals surface area contributed by atoms with Crippen LogP contribution in [0.4, 0.5) is 0 Å². The first-order chi connectivity index (χ1) is 11.8. The molecule has 0 saturated heterocycles. The minimum Gasteiger partial charge on any atom is -0.384 e. The van der Waals surface area contributed by atoms with E-state index < -0.39 is 0 Å². The Balaban J connectivity index is 1.50. The van der Waals surface area contributed by atoms with Gasteiger partial charge in [-0.25, -0.2) is 0 Å². The Morgan fingerprint density at radius 2 is 2.21 bits per heavy atom. The van der Waals surface area contributed by atoms with Crippen molar-refractivity contribution in [1.29, 1.82) is 0 Å². The van der Waals surface area contributed by atoms with Gasteiger partial charge < -0.3 is 4.74 Å². The molecule has 1 fully saturated rings. The van der Waals surface area contributed by atoms with Gasteiger partial charge in [0.1, 0.15) is 0 Å². The fourth-order valence-electron chi connectivity index (χ4n) is 4.27. The van der Waals surface area contributed by atoms with E-state index in [2.05, 4.69) is 33.3 Å². The van der Waals surface area contributed by atoms with E-state index in [1.54, 1.807) is 7.11 Å². The van der Waals surface area contributed by atoms with Crippen LogP contribution in [0.3, 0.4) is 0 Å². The molecular formula is C19H27N3OS. The average molecular weight is 346 g/mol. The lowest BCUT2D eigenvalue weighted by molar-refractivity contribution is 0.135. The van der Waals surface area contributed by atoms with Gasteiger partial charge in [0.25, 0.3) is 0 Å². The van der Waals surface area contributed by atoms with Gasteiger partial charge in [0, 0.05) is 55.8 Å². The Labute approximate surface area is 148 Å². The van der Waals surface area contributed by atoms with Gasteiger partial charge in [-0.15, -0.1) is 11.3 Å². The summed E-state index contributed by atoms with van der Waals surface area (Å²) < 4.78 is 7.71. The second-order valence-electron chi connectivity index (χ2n) is 7.31. The molecule has 0 N–H and O–H groups in total. The lowest BCUT2D eigenvalue weighted by atomic mass is 9.97. The molecule has 24 heavy (non-hydrogen) atoms. The predicted molar refractivity (Wildman–Crippen MR) is 97.2 cm³/mol. The molecule has 5 heteroatoms. The fourth-order valence-corrected chi connectivity index (χ4v) is 5.02. The maximum absolute atomic E-state index is 5.49. The van der Waals surface area contributed by atoms with E-state index in [4.69, 9.17) is 9.84 Å². The van der Waals surface area contributed by atoms with Gasteiger partial charge in [-0.05, 0) is 30.2 Å². The molecule has 4 nitrogen and oxygen atoms in total. The van der Waals surface area contributed by atoms with Crippen LogP contribution in [0.25, 0.3) is 0 Å². The van der Waals surface area contributed by atoms with Crippen LogP contribution in [0.5, 0.6) is 0 Å². The molecule has 0 radical (unpaired) electrons. The summed E-state index contributed by atoms with van der Waals surface area (Å²) in [5.74, 6) is 1.22. The van der Waals surface area contributed by atoms with Crippen LogP contribution in [-0.2, 0) is 24.4 Å². The Kier molecular flexibility index (Phi) is 5.01. The van der Waals surface area contributed by atoms with E-state index in [-0.39, 0.29) is 0 Å². The summed E-state index contributed by atoms with van der Waals surface area (Å²) in [6.45, 7) is 4.94. The third-order valence-corrected chi connectivity index (χ3v) is 6.24. The highest BCUT2D eigenvalue weighted by molar-refractivity contribution is 7.09. The molecule has 0 unspecified atom stereocenters. The zero-order valence-corrected chi connectivity index (χ0v) is 15.3. The van der Waals surface area contributed by atoms with Crippen molar-refractivity contribution in [2.45, 2.75) is 51.2 Å². The molecule has 4 rings (SSSR count). The Morgan fingerprint density at radius 3 is 2.96 bits per heavy atom. The summed E-state index contributed by atoms with van der Waals surface area (Å²) in [5.41, 5.74) is 2.68. The minimum absolute atomic E-state index is 0.392. The Morgan fingerprint density at radius 1 is 1.33 bits per heavy atom. The van der Waals surface area contributed by atoms with Crippen LogP contribution in [0, 0.1) is 5.92 Å². The molecule has 2 aromatic rings. The molecule has 1 saturated carbocycles.